The first-order chi connectivity index (χ1) is 8.75. The Morgan fingerprint density at radius 3 is 2.83 bits per heavy atom. The number of hydrogen-bond donors (Lipinski definition) is 1. The highest BCUT2D eigenvalue weighted by Gasteiger charge is 2.19. The Morgan fingerprint density at radius 2 is 2.17 bits per heavy atom. The van der Waals surface area contributed by atoms with Gasteiger partial charge in [-0.15, -0.1) is 0 Å². The van der Waals surface area contributed by atoms with Gasteiger partial charge in [0.2, 0.25) is 0 Å². The molecule has 0 unspecified atom stereocenters. The molecule has 1 aliphatic rings. The second kappa shape index (κ2) is 6.86. The van der Waals surface area contributed by atoms with Crippen molar-refractivity contribution in [1.29, 1.82) is 0 Å². The Hall–Kier alpha value is -0.930. The van der Waals surface area contributed by atoms with Gasteiger partial charge in [-0.3, -0.25) is 4.98 Å². The molecule has 0 aromatic carbocycles. The first kappa shape index (κ1) is 13.5. The predicted octanol–water partition coefficient (Wildman–Crippen LogP) is 2.34. The zero-order chi connectivity index (χ0) is 12.8. The summed E-state index contributed by atoms with van der Waals surface area (Å²) in [4.78, 5) is 4.32. The molecule has 1 atom stereocenters. The summed E-state index contributed by atoms with van der Waals surface area (Å²) in [6.07, 6.45) is 5.43. The van der Waals surface area contributed by atoms with Gasteiger partial charge in [0.05, 0.1) is 0 Å². The van der Waals surface area contributed by atoms with Crippen molar-refractivity contribution < 1.29 is 4.74 Å². The van der Waals surface area contributed by atoms with Crippen molar-refractivity contribution in [2.24, 2.45) is 5.92 Å². The van der Waals surface area contributed by atoms with Crippen LogP contribution >= 0.6 is 0 Å². The van der Waals surface area contributed by atoms with Gasteiger partial charge in [0.15, 0.2) is 0 Å². The van der Waals surface area contributed by atoms with Gasteiger partial charge in [0.25, 0.3) is 0 Å². The maximum Gasteiger partial charge on any atom is 0.0469 e. The normalized spacial score (nSPS) is 18.8. The number of rotatable bonds is 5. The Bertz CT molecular complexity index is 344. The molecule has 100 valence electrons. The van der Waals surface area contributed by atoms with Gasteiger partial charge in [-0.1, -0.05) is 6.07 Å². The van der Waals surface area contributed by atoms with Gasteiger partial charge in [-0.25, -0.2) is 0 Å². The SMILES string of the molecule is Cc1ccc(CCN[C@H](C)C2CCOCC2)cn1. The van der Waals surface area contributed by atoms with Gasteiger partial charge in [0.1, 0.15) is 0 Å². The number of nitrogens with one attached hydrogen (secondary N) is 1. The molecule has 0 aliphatic carbocycles. The minimum absolute atomic E-state index is 0.590. The highest BCUT2D eigenvalue weighted by molar-refractivity contribution is 5.13. The average molecular weight is 248 g/mol. The lowest BCUT2D eigenvalue weighted by molar-refractivity contribution is 0.0561. The van der Waals surface area contributed by atoms with Gasteiger partial charge in [-0.05, 0) is 57.2 Å². The van der Waals surface area contributed by atoms with Gasteiger partial charge in [-0.2, -0.15) is 0 Å². The molecule has 0 radical (unpaired) electrons. The van der Waals surface area contributed by atoms with Crippen LogP contribution in [-0.4, -0.2) is 30.8 Å². The largest absolute Gasteiger partial charge is 0.381 e. The number of pyridine rings is 1. The smallest absolute Gasteiger partial charge is 0.0469 e. The first-order valence-electron chi connectivity index (χ1n) is 6.98. The lowest BCUT2D eigenvalue weighted by Gasteiger charge is -2.28. The second-order valence-electron chi connectivity index (χ2n) is 5.25. The minimum Gasteiger partial charge on any atom is -0.381 e. The van der Waals surface area contributed by atoms with E-state index >= 15 is 0 Å². The molecule has 1 aromatic rings. The number of aromatic nitrogens is 1. The molecule has 18 heavy (non-hydrogen) atoms. The molecule has 1 saturated heterocycles. The molecule has 0 saturated carbocycles. The van der Waals surface area contributed by atoms with Crippen molar-refractivity contribution in [3.05, 3.63) is 29.6 Å². The zero-order valence-electron chi connectivity index (χ0n) is 11.5. The van der Waals surface area contributed by atoms with Gasteiger partial charge >= 0.3 is 0 Å². The molecule has 1 aromatic heterocycles. The molecule has 1 aliphatic heterocycles. The standard InChI is InChI=1S/C15H24N2O/c1-12-3-4-14(11-17-12)5-8-16-13(2)15-6-9-18-10-7-15/h3-4,11,13,15-16H,5-10H2,1-2H3/t13-/m1/s1. The monoisotopic (exact) mass is 248 g/mol. The minimum atomic E-state index is 0.590. The van der Waals surface area contributed by atoms with E-state index in [2.05, 4.69) is 29.4 Å². The number of aryl methyl sites for hydroxylation is 1. The van der Waals surface area contributed by atoms with Crippen molar-refractivity contribution in [3.63, 3.8) is 0 Å². The molecule has 0 amide bonds. The third kappa shape index (κ3) is 4.07. The van der Waals surface area contributed by atoms with E-state index in [1.54, 1.807) is 0 Å². The average Bonchev–Trinajstić information content (AvgIpc) is 2.42. The number of ether oxygens (including phenoxy) is 1. The highest BCUT2D eigenvalue weighted by Crippen LogP contribution is 2.18. The van der Waals surface area contributed by atoms with Crippen LogP contribution in [0.15, 0.2) is 18.3 Å². The van der Waals surface area contributed by atoms with E-state index in [1.165, 1.54) is 18.4 Å². The number of hydrogen-bond acceptors (Lipinski definition) is 3. The van der Waals surface area contributed by atoms with Crippen LogP contribution < -0.4 is 5.32 Å². The Morgan fingerprint density at radius 1 is 1.39 bits per heavy atom. The van der Waals surface area contributed by atoms with Crippen molar-refractivity contribution in [2.45, 2.75) is 39.2 Å². The van der Waals surface area contributed by atoms with Crippen molar-refractivity contribution in [1.82, 2.24) is 10.3 Å². The molecule has 2 rings (SSSR count). The summed E-state index contributed by atoms with van der Waals surface area (Å²) in [5.74, 6) is 0.773. The lowest BCUT2D eigenvalue weighted by Crippen LogP contribution is -2.37. The molecule has 3 heteroatoms. The summed E-state index contributed by atoms with van der Waals surface area (Å²) in [5, 5.41) is 3.63. The zero-order valence-corrected chi connectivity index (χ0v) is 11.5. The number of nitrogens with zero attached hydrogens (tertiary/aromatic N) is 1. The van der Waals surface area contributed by atoms with Crippen LogP contribution in [0.5, 0.6) is 0 Å². The molecule has 0 bridgehead atoms. The van der Waals surface area contributed by atoms with Gasteiger partial charge < -0.3 is 10.1 Å². The van der Waals surface area contributed by atoms with Crippen molar-refractivity contribution >= 4 is 0 Å². The van der Waals surface area contributed by atoms with Crippen LogP contribution in [0.25, 0.3) is 0 Å². The third-order valence-corrected chi connectivity index (χ3v) is 3.83. The van der Waals surface area contributed by atoms with E-state index in [9.17, 15) is 0 Å². The topological polar surface area (TPSA) is 34.1 Å². The lowest BCUT2D eigenvalue weighted by atomic mass is 9.93. The molecule has 3 nitrogen and oxygen atoms in total. The Balaban J connectivity index is 1.69. The molecule has 1 fully saturated rings. The van der Waals surface area contributed by atoms with E-state index < -0.39 is 0 Å². The predicted molar refractivity (Wildman–Crippen MR) is 73.7 cm³/mol. The quantitative estimate of drug-likeness (QED) is 0.868. The Labute approximate surface area is 110 Å². The molecular formula is C15H24N2O. The molecule has 2 heterocycles. The van der Waals surface area contributed by atoms with E-state index in [1.807, 2.05) is 13.1 Å². The summed E-state index contributed by atoms with van der Waals surface area (Å²) in [6.45, 7) is 7.21. The highest BCUT2D eigenvalue weighted by atomic mass is 16.5. The molecular weight excluding hydrogens is 224 g/mol. The van der Waals surface area contributed by atoms with Crippen LogP contribution in [0.4, 0.5) is 0 Å². The summed E-state index contributed by atoms with van der Waals surface area (Å²) < 4.78 is 5.40. The molecule has 0 spiro atoms. The van der Waals surface area contributed by atoms with Crippen LogP contribution in [0.2, 0.25) is 0 Å². The van der Waals surface area contributed by atoms with E-state index in [-0.39, 0.29) is 0 Å². The Kier molecular flexibility index (Phi) is 5.14. The fourth-order valence-corrected chi connectivity index (χ4v) is 2.47. The molecule has 1 N–H and O–H groups in total. The third-order valence-electron chi connectivity index (χ3n) is 3.83. The summed E-state index contributed by atoms with van der Waals surface area (Å²) >= 11 is 0. The van der Waals surface area contributed by atoms with Crippen LogP contribution in [0.1, 0.15) is 31.0 Å². The van der Waals surface area contributed by atoms with Crippen molar-refractivity contribution in [2.75, 3.05) is 19.8 Å². The summed E-state index contributed by atoms with van der Waals surface area (Å²) in [5.41, 5.74) is 2.40. The van der Waals surface area contributed by atoms with E-state index in [0.717, 1.165) is 37.8 Å². The fraction of sp³-hybridized carbons (Fsp3) is 0.667. The van der Waals surface area contributed by atoms with E-state index in [0.29, 0.717) is 6.04 Å². The first-order valence-corrected chi connectivity index (χ1v) is 6.98. The van der Waals surface area contributed by atoms with Crippen LogP contribution in [-0.2, 0) is 11.2 Å². The fourth-order valence-electron chi connectivity index (χ4n) is 2.47. The van der Waals surface area contributed by atoms with E-state index in [4.69, 9.17) is 4.74 Å². The summed E-state index contributed by atoms with van der Waals surface area (Å²) in [6, 6.07) is 4.84. The second-order valence-corrected chi connectivity index (χ2v) is 5.25. The maximum atomic E-state index is 5.40. The van der Waals surface area contributed by atoms with Gasteiger partial charge in [0, 0.05) is 31.1 Å². The summed E-state index contributed by atoms with van der Waals surface area (Å²) in [7, 11) is 0. The maximum absolute atomic E-state index is 5.40. The van der Waals surface area contributed by atoms with Crippen LogP contribution in [0.3, 0.4) is 0 Å². The van der Waals surface area contributed by atoms with Crippen LogP contribution in [0, 0.1) is 12.8 Å². The van der Waals surface area contributed by atoms with Crippen molar-refractivity contribution in [3.8, 4) is 0 Å².